The SMILES string of the molecule is CCc1cc2ncccc2cc1Cc1nnc2sc(C(F)(F)F)nn12. The molecule has 0 saturated heterocycles. The predicted octanol–water partition coefficient (Wildman–Crippen LogP) is 3.91. The molecule has 4 rings (SSSR count). The topological polar surface area (TPSA) is 56.0 Å². The maximum Gasteiger partial charge on any atom is 0.445 e. The normalized spacial score (nSPS) is 12.3. The summed E-state index contributed by atoms with van der Waals surface area (Å²) in [5, 5.41) is 11.5. The van der Waals surface area contributed by atoms with Crippen LogP contribution in [0, 0.1) is 0 Å². The van der Waals surface area contributed by atoms with Gasteiger partial charge in [0.2, 0.25) is 9.97 Å². The van der Waals surface area contributed by atoms with Crippen LogP contribution in [0.4, 0.5) is 13.2 Å². The zero-order valence-electron chi connectivity index (χ0n) is 13.1. The molecule has 25 heavy (non-hydrogen) atoms. The van der Waals surface area contributed by atoms with Gasteiger partial charge in [-0.05, 0) is 35.7 Å². The third kappa shape index (κ3) is 2.84. The van der Waals surface area contributed by atoms with Gasteiger partial charge in [-0.25, -0.2) is 0 Å². The van der Waals surface area contributed by atoms with Crippen molar-refractivity contribution in [2.75, 3.05) is 0 Å². The average molecular weight is 363 g/mol. The van der Waals surface area contributed by atoms with Gasteiger partial charge in [0.15, 0.2) is 5.82 Å². The Hall–Kier alpha value is -2.55. The van der Waals surface area contributed by atoms with Crippen LogP contribution in [0.15, 0.2) is 30.5 Å². The molecule has 4 aromatic rings. The molecule has 0 radical (unpaired) electrons. The highest BCUT2D eigenvalue weighted by atomic mass is 32.1. The first-order chi connectivity index (χ1) is 12.0. The van der Waals surface area contributed by atoms with Crippen molar-refractivity contribution in [1.29, 1.82) is 0 Å². The second-order valence-corrected chi connectivity index (χ2v) is 6.52. The van der Waals surface area contributed by atoms with Gasteiger partial charge in [0.1, 0.15) is 0 Å². The highest BCUT2D eigenvalue weighted by Crippen LogP contribution is 2.32. The van der Waals surface area contributed by atoms with E-state index in [1.54, 1.807) is 6.20 Å². The van der Waals surface area contributed by atoms with E-state index < -0.39 is 11.2 Å². The number of pyridine rings is 1. The van der Waals surface area contributed by atoms with Crippen molar-refractivity contribution in [3.63, 3.8) is 0 Å². The van der Waals surface area contributed by atoms with E-state index in [9.17, 15) is 13.2 Å². The first kappa shape index (κ1) is 15.9. The van der Waals surface area contributed by atoms with Crippen LogP contribution in [0.1, 0.15) is 28.9 Å². The molecule has 0 fully saturated rings. The largest absolute Gasteiger partial charge is 0.445 e. The molecular formula is C16H12F3N5S. The summed E-state index contributed by atoms with van der Waals surface area (Å²) in [4.78, 5) is 4.48. The van der Waals surface area contributed by atoms with Crippen LogP contribution in [0.25, 0.3) is 15.9 Å². The second kappa shape index (κ2) is 5.76. The van der Waals surface area contributed by atoms with Crippen molar-refractivity contribution in [2.45, 2.75) is 25.9 Å². The highest BCUT2D eigenvalue weighted by Gasteiger charge is 2.36. The van der Waals surface area contributed by atoms with Gasteiger partial charge < -0.3 is 0 Å². The lowest BCUT2D eigenvalue weighted by Crippen LogP contribution is -2.07. The summed E-state index contributed by atoms with van der Waals surface area (Å²) in [6, 6.07) is 7.81. The molecule has 3 aromatic heterocycles. The monoisotopic (exact) mass is 363 g/mol. The molecule has 0 N–H and O–H groups in total. The summed E-state index contributed by atoms with van der Waals surface area (Å²) in [6.07, 6.45) is -1.60. The molecular weight excluding hydrogens is 351 g/mol. The minimum absolute atomic E-state index is 0.142. The number of aromatic nitrogens is 5. The minimum Gasteiger partial charge on any atom is -0.256 e. The van der Waals surface area contributed by atoms with Crippen LogP contribution in [0.2, 0.25) is 0 Å². The Balaban J connectivity index is 1.78. The molecule has 1 aromatic carbocycles. The Morgan fingerprint density at radius 3 is 2.76 bits per heavy atom. The van der Waals surface area contributed by atoms with E-state index in [4.69, 9.17) is 0 Å². The number of nitrogens with zero attached hydrogens (tertiary/aromatic N) is 5. The third-order valence-electron chi connectivity index (χ3n) is 3.95. The molecule has 0 aliphatic rings. The van der Waals surface area contributed by atoms with Gasteiger partial charge in [-0.15, -0.1) is 15.3 Å². The van der Waals surface area contributed by atoms with Gasteiger partial charge in [0, 0.05) is 18.0 Å². The fourth-order valence-corrected chi connectivity index (χ4v) is 3.48. The predicted molar refractivity (Wildman–Crippen MR) is 87.6 cm³/mol. The van der Waals surface area contributed by atoms with Gasteiger partial charge in [-0.2, -0.15) is 17.7 Å². The lowest BCUT2D eigenvalue weighted by atomic mass is 9.99. The Bertz CT molecular complexity index is 1070. The molecule has 0 amide bonds. The number of rotatable bonds is 3. The number of hydrogen-bond donors (Lipinski definition) is 0. The summed E-state index contributed by atoms with van der Waals surface area (Å²) in [5.74, 6) is 0.389. The number of halogens is 3. The number of benzene rings is 1. The van der Waals surface area contributed by atoms with E-state index >= 15 is 0 Å². The van der Waals surface area contributed by atoms with E-state index in [0.29, 0.717) is 23.6 Å². The van der Waals surface area contributed by atoms with Crippen LogP contribution in [0.5, 0.6) is 0 Å². The fourth-order valence-electron chi connectivity index (χ4n) is 2.76. The van der Waals surface area contributed by atoms with E-state index in [-0.39, 0.29) is 4.96 Å². The van der Waals surface area contributed by atoms with E-state index in [0.717, 1.165) is 28.5 Å². The smallest absolute Gasteiger partial charge is 0.256 e. The first-order valence-electron chi connectivity index (χ1n) is 7.60. The Morgan fingerprint density at radius 1 is 1.16 bits per heavy atom. The van der Waals surface area contributed by atoms with Gasteiger partial charge in [0.05, 0.1) is 5.52 Å². The number of hydrogen-bond acceptors (Lipinski definition) is 5. The molecule has 3 heterocycles. The average Bonchev–Trinajstić information content (AvgIpc) is 3.16. The minimum atomic E-state index is -4.48. The molecule has 5 nitrogen and oxygen atoms in total. The Morgan fingerprint density at radius 2 is 2.00 bits per heavy atom. The van der Waals surface area contributed by atoms with Crippen LogP contribution in [0.3, 0.4) is 0 Å². The number of fused-ring (bicyclic) bond motifs is 2. The molecule has 0 saturated carbocycles. The standard InChI is InChI=1S/C16H12F3N5S/c1-2-9-7-12-10(4-3-5-20-12)6-11(9)8-13-21-22-15-24(13)23-14(25-15)16(17,18)19/h3-7H,2,8H2,1H3. The maximum atomic E-state index is 12.8. The van der Waals surface area contributed by atoms with E-state index in [1.165, 1.54) is 4.52 Å². The summed E-state index contributed by atoms with van der Waals surface area (Å²) in [7, 11) is 0. The van der Waals surface area contributed by atoms with Gasteiger partial charge in [0.25, 0.3) is 0 Å². The van der Waals surface area contributed by atoms with E-state index in [1.807, 2.05) is 31.2 Å². The molecule has 0 unspecified atom stereocenters. The highest BCUT2D eigenvalue weighted by molar-refractivity contribution is 7.16. The van der Waals surface area contributed by atoms with Crippen molar-refractivity contribution >= 4 is 27.2 Å². The number of alkyl halides is 3. The van der Waals surface area contributed by atoms with Gasteiger partial charge in [-0.3, -0.25) is 4.98 Å². The third-order valence-corrected chi connectivity index (χ3v) is 4.90. The molecule has 0 atom stereocenters. The molecule has 0 aliphatic heterocycles. The zero-order valence-corrected chi connectivity index (χ0v) is 13.9. The Labute approximate surface area is 144 Å². The first-order valence-corrected chi connectivity index (χ1v) is 8.42. The Kier molecular flexibility index (Phi) is 3.68. The lowest BCUT2D eigenvalue weighted by molar-refractivity contribution is -0.138. The molecule has 9 heteroatoms. The molecule has 0 bridgehead atoms. The zero-order chi connectivity index (χ0) is 17.6. The second-order valence-electron chi connectivity index (χ2n) is 5.56. The van der Waals surface area contributed by atoms with Crippen LogP contribution in [-0.2, 0) is 19.0 Å². The van der Waals surface area contributed by atoms with Crippen molar-refractivity contribution in [2.24, 2.45) is 0 Å². The lowest BCUT2D eigenvalue weighted by Gasteiger charge is -2.08. The summed E-state index contributed by atoms with van der Waals surface area (Å²) < 4.78 is 39.7. The van der Waals surface area contributed by atoms with Crippen molar-refractivity contribution < 1.29 is 13.2 Å². The number of aryl methyl sites for hydroxylation is 1. The van der Waals surface area contributed by atoms with Crippen LogP contribution >= 0.6 is 11.3 Å². The summed E-state index contributed by atoms with van der Waals surface area (Å²) in [5.41, 5.74) is 2.95. The van der Waals surface area contributed by atoms with Gasteiger partial charge in [-0.1, -0.05) is 24.3 Å². The summed E-state index contributed by atoms with van der Waals surface area (Å²) >= 11 is 0.491. The fraction of sp³-hybridized carbons (Fsp3) is 0.250. The summed E-state index contributed by atoms with van der Waals surface area (Å²) in [6.45, 7) is 2.03. The molecule has 128 valence electrons. The quantitative estimate of drug-likeness (QED) is 0.554. The van der Waals surface area contributed by atoms with Gasteiger partial charge >= 0.3 is 6.18 Å². The van der Waals surface area contributed by atoms with Crippen molar-refractivity contribution in [1.82, 2.24) is 24.8 Å². The van der Waals surface area contributed by atoms with Crippen molar-refractivity contribution in [3.8, 4) is 0 Å². The van der Waals surface area contributed by atoms with Crippen molar-refractivity contribution in [3.05, 3.63) is 52.4 Å². The molecule has 0 spiro atoms. The van der Waals surface area contributed by atoms with Crippen LogP contribution < -0.4 is 0 Å². The molecule has 0 aliphatic carbocycles. The maximum absolute atomic E-state index is 12.8. The van der Waals surface area contributed by atoms with Crippen LogP contribution in [-0.4, -0.2) is 24.8 Å². The van der Waals surface area contributed by atoms with E-state index in [2.05, 4.69) is 20.3 Å².